The minimum Gasteiger partial charge on any atom is -0.477 e. The van der Waals surface area contributed by atoms with E-state index in [1.807, 2.05) is 0 Å². The number of pyridine rings is 1. The molecule has 20 heteroatoms. The average Bonchev–Trinajstić information content (AvgIpc) is 3.60. The van der Waals surface area contributed by atoms with Gasteiger partial charge < -0.3 is 31.3 Å². The summed E-state index contributed by atoms with van der Waals surface area (Å²) in [6.07, 6.45) is -1.82. The lowest BCUT2D eigenvalue weighted by Gasteiger charge is -2.49. The number of carboxylic acids is 1. The molecule has 15 nitrogen and oxygen atoms in total. The number of alkyl halides is 3. The molecule has 5 heterocycles. The number of β-lactam (4-membered cyclic amide) rings is 1. The number of rotatable bonds is 11. The van der Waals surface area contributed by atoms with Crippen LogP contribution in [0.4, 0.5) is 18.3 Å². The van der Waals surface area contributed by atoms with Gasteiger partial charge in [-0.25, -0.2) is 9.36 Å². The topological polar surface area (TPSA) is 208 Å². The van der Waals surface area contributed by atoms with Crippen LogP contribution in [0, 0.1) is 0 Å². The number of nitrogens with two attached hydrogens (primary N) is 2. The fourth-order valence-electron chi connectivity index (χ4n) is 4.69. The Kier molecular flexibility index (Phi) is 8.75. The van der Waals surface area contributed by atoms with Crippen LogP contribution in [0.1, 0.15) is 19.2 Å². The van der Waals surface area contributed by atoms with Crippen molar-refractivity contribution >= 4 is 63.1 Å². The van der Waals surface area contributed by atoms with Crippen molar-refractivity contribution in [1.29, 1.82) is 0 Å². The molecule has 2 aliphatic heterocycles. The number of nitrogen functional groups attached to an aromatic ring is 1. The highest BCUT2D eigenvalue weighted by Gasteiger charge is 2.54. The molecule has 3 aromatic rings. The quantitative estimate of drug-likeness (QED) is 0.0951. The van der Waals surface area contributed by atoms with Gasteiger partial charge in [-0.2, -0.15) is 22.5 Å². The first-order chi connectivity index (χ1) is 20.9. The molecule has 2 amide bonds. The third kappa shape index (κ3) is 6.04. The molecule has 1 saturated heterocycles. The monoisotopic (exact) mass is 655 g/mol. The first-order valence-corrected chi connectivity index (χ1v) is 14.9. The maximum Gasteiger partial charge on any atom is 0.403 e. The number of aryl methyl sites for hydroxylation is 1. The van der Waals surface area contributed by atoms with Gasteiger partial charge >= 0.3 is 17.8 Å². The maximum absolute atomic E-state index is 13.2. The first-order valence-electron chi connectivity index (χ1n) is 13.1. The minimum absolute atomic E-state index is 0.0277. The molecule has 3 aromatic heterocycles. The second kappa shape index (κ2) is 12.4. The van der Waals surface area contributed by atoms with Crippen LogP contribution >= 0.6 is 23.3 Å². The van der Waals surface area contributed by atoms with Gasteiger partial charge in [-0.05, 0) is 30.5 Å². The van der Waals surface area contributed by atoms with Gasteiger partial charge in [0.25, 0.3) is 11.8 Å². The van der Waals surface area contributed by atoms with Crippen LogP contribution in [0.2, 0.25) is 0 Å². The number of carbonyl (C=O) groups is 3. The molecule has 0 bridgehead atoms. The Morgan fingerprint density at radius 3 is 2.82 bits per heavy atom. The van der Waals surface area contributed by atoms with Crippen molar-refractivity contribution in [2.24, 2.45) is 10.9 Å². The lowest BCUT2D eigenvalue weighted by Crippen LogP contribution is -2.71. The number of fused-ring (bicyclic) bond motifs is 2. The van der Waals surface area contributed by atoms with Gasteiger partial charge in [0.1, 0.15) is 41.8 Å². The van der Waals surface area contributed by atoms with Crippen LogP contribution in [0.15, 0.2) is 41.1 Å². The molecule has 1 fully saturated rings. The average molecular weight is 656 g/mol. The van der Waals surface area contributed by atoms with Crippen LogP contribution in [-0.4, -0.2) is 88.4 Å². The van der Waals surface area contributed by atoms with E-state index in [0.717, 1.165) is 16.4 Å². The molecular weight excluding hydrogens is 629 g/mol. The van der Waals surface area contributed by atoms with Gasteiger partial charge in [0.05, 0.1) is 6.20 Å². The summed E-state index contributed by atoms with van der Waals surface area (Å²) in [4.78, 5) is 53.0. The number of hydrogen-bond acceptors (Lipinski definition) is 12. The number of nitrogens with zero attached hydrogens (tertiary/aromatic N) is 7. The molecule has 5 rings (SSSR count). The summed E-state index contributed by atoms with van der Waals surface area (Å²) in [7, 11) is 0. The number of anilines is 1. The van der Waals surface area contributed by atoms with Gasteiger partial charge in [0.2, 0.25) is 17.9 Å². The molecule has 2 aliphatic rings. The van der Waals surface area contributed by atoms with E-state index >= 15 is 0 Å². The molecule has 0 saturated carbocycles. The van der Waals surface area contributed by atoms with Crippen molar-refractivity contribution in [1.82, 2.24) is 29.1 Å². The molecule has 0 spiro atoms. The Bertz CT molecular complexity index is 1670. The predicted molar refractivity (Wildman–Crippen MR) is 151 cm³/mol. The van der Waals surface area contributed by atoms with Crippen molar-refractivity contribution in [3.63, 3.8) is 0 Å². The Morgan fingerprint density at radius 2 is 2.16 bits per heavy atom. The molecular formula is C24H26F3N10O5S2+. The van der Waals surface area contributed by atoms with E-state index in [0.29, 0.717) is 16.7 Å². The van der Waals surface area contributed by atoms with Crippen LogP contribution in [-0.2, 0) is 32.3 Å². The number of oxime groups is 1. The Balaban J connectivity index is 1.34. The number of imidazole rings is 1. The third-order valence-electron chi connectivity index (χ3n) is 6.80. The van der Waals surface area contributed by atoms with Crippen molar-refractivity contribution in [2.75, 3.05) is 18.1 Å². The predicted octanol–water partition coefficient (Wildman–Crippen LogP) is 0.217. The fourth-order valence-corrected chi connectivity index (χ4v) is 6.46. The molecule has 3 atom stereocenters. The zero-order chi connectivity index (χ0) is 31.8. The van der Waals surface area contributed by atoms with E-state index in [1.54, 1.807) is 34.4 Å². The van der Waals surface area contributed by atoms with Crippen molar-refractivity contribution < 1.29 is 42.1 Å². The minimum atomic E-state index is -4.52. The lowest BCUT2D eigenvalue weighted by molar-refractivity contribution is -0.664. The normalized spacial score (nSPS) is 19.5. The number of hydrogen-bond donors (Lipinski definition) is 4. The zero-order valence-corrected chi connectivity index (χ0v) is 24.5. The molecule has 0 aliphatic carbocycles. The second-order valence-corrected chi connectivity index (χ2v) is 11.5. The first kappa shape index (κ1) is 31.1. The summed E-state index contributed by atoms with van der Waals surface area (Å²) in [5.74, 6) is -2.64. The number of nitrogens with one attached hydrogen (secondary N) is 1. The number of aromatic nitrogens is 5. The number of thioether (sulfide) groups is 1. The van der Waals surface area contributed by atoms with Crippen molar-refractivity contribution in [3.8, 4) is 0 Å². The summed E-state index contributed by atoms with van der Waals surface area (Å²) in [5.41, 5.74) is 11.7. The van der Waals surface area contributed by atoms with E-state index in [9.17, 15) is 32.7 Å². The van der Waals surface area contributed by atoms with Gasteiger partial charge in [0.15, 0.2) is 5.13 Å². The zero-order valence-electron chi connectivity index (χ0n) is 22.9. The maximum atomic E-state index is 13.2. The third-order valence-corrected chi connectivity index (χ3v) is 8.68. The van der Waals surface area contributed by atoms with Gasteiger partial charge in [-0.15, -0.1) is 11.8 Å². The van der Waals surface area contributed by atoms with E-state index < -0.39 is 41.4 Å². The molecule has 0 aromatic carbocycles. The highest BCUT2D eigenvalue weighted by molar-refractivity contribution is 8.00. The van der Waals surface area contributed by atoms with Gasteiger partial charge in [-0.1, -0.05) is 5.16 Å². The van der Waals surface area contributed by atoms with Crippen LogP contribution in [0.3, 0.4) is 0 Å². The summed E-state index contributed by atoms with van der Waals surface area (Å²) < 4.78 is 45.8. The molecule has 6 N–H and O–H groups in total. The largest absolute Gasteiger partial charge is 0.477 e. The fraction of sp³-hybridized carbons (Fsp3) is 0.417. The molecule has 3 unspecified atom stereocenters. The van der Waals surface area contributed by atoms with E-state index in [-0.39, 0.29) is 54.2 Å². The number of carbonyl (C=O) groups excluding carboxylic acids is 2. The Hall–Kier alpha value is -4.30. The standard InChI is InChI=1S/C24H25F3N10O5S2/c1-2-42-33-14(17-32-23(29)44-34-17)19(38)31-15-20(39)37-16(22(40)41)11(9-43-21(15)37)8-35-6-3-4-12-18(35)30-10-36(12)7-5-13(28)24(25,26)27/h3-4,6,10,13,15,21H,2,5,7-9,28H2,1H3,(H3-,29,31,32,34,38,40,41)/p+1/b33-14-. The Labute approximate surface area is 254 Å². The van der Waals surface area contributed by atoms with Crippen LogP contribution < -0.4 is 21.4 Å². The molecule has 44 heavy (non-hydrogen) atoms. The number of carboxylic acid groups (broad SMARTS) is 1. The Morgan fingerprint density at radius 1 is 1.39 bits per heavy atom. The highest BCUT2D eigenvalue weighted by Crippen LogP contribution is 2.40. The smallest absolute Gasteiger partial charge is 0.403 e. The highest BCUT2D eigenvalue weighted by atomic mass is 32.2. The summed E-state index contributed by atoms with van der Waals surface area (Å²) >= 11 is 2.11. The van der Waals surface area contributed by atoms with E-state index in [4.69, 9.17) is 16.3 Å². The van der Waals surface area contributed by atoms with Crippen molar-refractivity contribution in [2.45, 2.75) is 50.1 Å². The summed E-state index contributed by atoms with van der Waals surface area (Å²) in [6, 6.07) is 0.304. The molecule has 0 radical (unpaired) electrons. The number of amides is 2. The summed E-state index contributed by atoms with van der Waals surface area (Å²) in [5, 5.41) is 15.8. The van der Waals surface area contributed by atoms with Gasteiger partial charge in [-0.3, -0.25) is 14.5 Å². The lowest BCUT2D eigenvalue weighted by atomic mass is 10.0. The van der Waals surface area contributed by atoms with E-state index in [2.05, 4.69) is 24.8 Å². The molecule has 234 valence electrons. The number of aliphatic carboxylic acids is 1. The second-order valence-electron chi connectivity index (χ2n) is 9.65. The van der Waals surface area contributed by atoms with E-state index in [1.165, 1.54) is 18.1 Å². The SMILES string of the molecule is CCO/N=C(\C(=O)NC1C(=O)N2C(C(=O)O)=C(C[n+]3cccc4c3ncn4CCC(N)C(F)(F)F)CSC12)c1nsc(N)n1. The van der Waals surface area contributed by atoms with Crippen LogP contribution in [0.5, 0.6) is 0 Å². The summed E-state index contributed by atoms with van der Waals surface area (Å²) in [6.45, 7) is 1.82. The number of halogens is 3. The van der Waals surface area contributed by atoms with Crippen molar-refractivity contribution in [3.05, 3.63) is 41.8 Å². The van der Waals surface area contributed by atoms with Gasteiger partial charge in [0, 0.05) is 29.4 Å². The van der Waals surface area contributed by atoms with Crippen LogP contribution in [0.25, 0.3) is 11.2 Å².